The van der Waals surface area contributed by atoms with E-state index < -0.39 is 23.4 Å². The molecule has 6 nitrogen and oxygen atoms in total. The van der Waals surface area contributed by atoms with Gasteiger partial charge in [0.05, 0.1) is 27.0 Å². The third-order valence-corrected chi connectivity index (χ3v) is 6.91. The second kappa shape index (κ2) is 9.35. The van der Waals surface area contributed by atoms with Crippen molar-refractivity contribution in [3.05, 3.63) is 68.6 Å². The molecular formula is C24H22Cl2F2N4O2. The number of benzene rings is 2. The molecule has 2 amide bonds. The van der Waals surface area contributed by atoms with Gasteiger partial charge >= 0.3 is 0 Å². The van der Waals surface area contributed by atoms with E-state index in [2.05, 4.69) is 4.98 Å². The van der Waals surface area contributed by atoms with Crippen molar-refractivity contribution in [3.63, 3.8) is 0 Å². The Bertz CT molecular complexity index is 1320. The number of carbonyl (C=O) groups is 2. The van der Waals surface area contributed by atoms with Crippen LogP contribution in [0.3, 0.4) is 0 Å². The van der Waals surface area contributed by atoms with Crippen LogP contribution in [-0.2, 0) is 0 Å². The van der Waals surface area contributed by atoms with Gasteiger partial charge in [0.25, 0.3) is 11.8 Å². The molecule has 0 aliphatic heterocycles. The van der Waals surface area contributed by atoms with Gasteiger partial charge in [-0.2, -0.15) is 0 Å². The van der Waals surface area contributed by atoms with Crippen LogP contribution in [0.5, 0.6) is 0 Å². The lowest BCUT2D eigenvalue weighted by Gasteiger charge is -2.24. The van der Waals surface area contributed by atoms with Gasteiger partial charge in [0.2, 0.25) is 0 Å². The molecule has 2 aromatic carbocycles. The number of nitrogens with zero attached hydrogens (tertiary/aromatic N) is 2. The van der Waals surface area contributed by atoms with Crippen molar-refractivity contribution >= 4 is 35.0 Å². The molecule has 0 atom stereocenters. The third kappa shape index (κ3) is 4.16. The Kier molecular flexibility index (Phi) is 6.64. The Morgan fingerprint density at radius 3 is 2.32 bits per heavy atom. The highest BCUT2D eigenvalue weighted by molar-refractivity contribution is 6.32. The van der Waals surface area contributed by atoms with Crippen molar-refractivity contribution < 1.29 is 18.4 Å². The van der Waals surface area contributed by atoms with Crippen molar-refractivity contribution in [2.75, 3.05) is 0 Å². The summed E-state index contributed by atoms with van der Waals surface area (Å²) in [5.41, 5.74) is 11.4. The van der Waals surface area contributed by atoms with Gasteiger partial charge in [-0.25, -0.2) is 13.8 Å². The first-order valence-corrected chi connectivity index (χ1v) is 11.5. The molecule has 178 valence electrons. The number of primary amides is 2. The molecule has 1 saturated carbocycles. The second-order valence-corrected chi connectivity index (χ2v) is 9.20. The number of rotatable bonds is 5. The molecule has 0 spiro atoms. The normalized spacial score (nSPS) is 14.4. The van der Waals surface area contributed by atoms with Crippen LogP contribution in [0, 0.1) is 18.6 Å². The van der Waals surface area contributed by atoms with E-state index in [1.54, 1.807) is 6.92 Å². The Morgan fingerprint density at radius 1 is 1.06 bits per heavy atom. The summed E-state index contributed by atoms with van der Waals surface area (Å²) in [6.45, 7) is 1.55. The van der Waals surface area contributed by atoms with Crippen LogP contribution in [0.25, 0.3) is 16.9 Å². The van der Waals surface area contributed by atoms with Gasteiger partial charge in [-0.3, -0.25) is 14.2 Å². The quantitative estimate of drug-likeness (QED) is 0.465. The number of hydrogen-bond donors (Lipinski definition) is 2. The summed E-state index contributed by atoms with van der Waals surface area (Å²) >= 11 is 12.3. The van der Waals surface area contributed by atoms with E-state index in [9.17, 15) is 14.0 Å². The number of amides is 2. The summed E-state index contributed by atoms with van der Waals surface area (Å²) < 4.78 is 31.1. The van der Waals surface area contributed by atoms with Gasteiger partial charge < -0.3 is 11.5 Å². The van der Waals surface area contributed by atoms with Crippen LogP contribution < -0.4 is 11.5 Å². The number of aromatic nitrogens is 2. The monoisotopic (exact) mass is 506 g/mol. The Morgan fingerprint density at radius 2 is 1.74 bits per heavy atom. The molecular weight excluding hydrogens is 485 g/mol. The first-order valence-electron chi connectivity index (χ1n) is 10.8. The minimum atomic E-state index is -0.893. The van der Waals surface area contributed by atoms with Crippen LogP contribution >= 0.6 is 23.2 Å². The smallest absolute Gasteiger partial charge is 0.269 e. The predicted octanol–water partition coefficient (Wildman–Crippen LogP) is 5.68. The molecule has 0 radical (unpaired) electrons. The topological polar surface area (TPSA) is 104 Å². The lowest BCUT2D eigenvalue weighted by atomic mass is 9.88. The summed E-state index contributed by atoms with van der Waals surface area (Å²) in [5, 5.41) is -0.413. The van der Waals surface area contributed by atoms with Crippen LogP contribution in [0.4, 0.5) is 8.78 Å². The first kappa shape index (κ1) is 24.2. The Labute approximate surface area is 204 Å². The molecule has 1 fully saturated rings. The van der Waals surface area contributed by atoms with Crippen molar-refractivity contribution in [1.82, 2.24) is 9.55 Å². The fourth-order valence-electron chi connectivity index (χ4n) is 4.53. The number of aryl methyl sites for hydroxylation is 1. The molecule has 10 heteroatoms. The number of halogens is 4. The fraction of sp³-hybridized carbons (Fsp3) is 0.292. The lowest BCUT2D eigenvalue weighted by molar-refractivity contribution is 0.0990. The maximum atomic E-state index is 15.8. The summed E-state index contributed by atoms with van der Waals surface area (Å²) in [7, 11) is 0. The highest BCUT2D eigenvalue weighted by atomic mass is 35.5. The van der Waals surface area contributed by atoms with Gasteiger partial charge in [-0.1, -0.05) is 42.5 Å². The van der Waals surface area contributed by atoms with Gasteiger partial charge in [0.1, 0.15) is 11.6 Å². The SMILES string of the molecule is Cc1cc(C(N)=O)c(-n2c(C3CCCCC3)nc(C(N)=O)c2-c2ccc(F)c(Cl)c2)c(F)c1Cl. The number of nitrogens with two attached hydrogens (primary N) is 2. The molecule has 1 heterocycles. The maximum absolute atomic E-state index is 15.8. The predicted molar refractivity (Wildman–Crippen MR) is 127 cm³/mol. The van der Waals surface area contributed by atoms with Gasteiger partial charge in [0.15, 0.2) is 11.5 Å². The summed E-state index contributed by atoms with van der Waals surface area (Å²) in [5.74, 6) is -3.12. The van der Waals surface area contributed by atoms with Crippen molar-refractivity contribution in [2.24, 2.45) is 11.5 Å². The lowest BCUT2D eigenvalue weighted by Crippen LogP contribution is -2.20. The minimum Gasteiger partial charge on any atom is -0.366 e. The zero-order valence-corrected chi connectivity index (χ0v) is 19.8. The average Bonchev–Trinajstić information content (AvgIpc) is 3.20. The molecule has 0 bridgehead atoms. The second-order valence-electron chi connectivity index (χ2n) is 8.41. The van der Waals surface area contributed by atoms with Gasteiger partial charge in [0, 0.05) is 11.5 Å². The summed E-state index contributed by atoms with van der Waals surface area (Å²) in [6, 6.07) is 5.18. The van der Waals surface area contributed by atoms with E-state index in [1.807, 2.05) is 0 Å². The third-order valence-electron chi connectivity index (χ3n) is 6.15. The zero-order chi connectivity index (χ0) is 24.7. The average molecular weight is 507 g/mol. The molecule has 0 unspecified atom stereocenters. The van der Waals surface area contributed by atoms with Crippen LogP contribution in [0.2, 0.25) is 10.0 Å². The van der Waals surface area contributed by atoms with Crippen molar-refractivity contribution in [2.45, 2.75) is 44.9 Å². The Hall–Kier alpha value is -2.97. The molecule has 4 rings (SSSR count). The molecule has 4 N–H and O–H groups in total. The van der Waals surface area contributed by atoms with Crippen molar-refractivity contribution in [1.29, 1.82) is 0 Å². The van der Waals surface area contributed by atoms with E-state index in [1.165, 1.54) is 22.8 Å². The minimum absolute atomic E-state index is 0.0799. The Balaban J connectivity index is 2.17. The molecule has 1 aliphatic carbocycles. The van der Waals surface area contributed by atoms with Crippen LogP contribution in [0.15, 0.2) is 24.3 Å². The molecule has 0 saturated heterocycles. The van der Waals surface area contributed by atoms with E-state index in [-0.39, 0.29) is 44.2 Å². The highest BCUT2D eigenvalue weighted by Gasteiger charge is 2.32. The van der Waals surface area contributed by atoms with Gasteiger partial charge in [-0.05, 0) is 49.6 Å². The molecule has 1 aromatic heterocycles. The number of imidazole rings is 1. The molecule has 3 aromatic rings. The molecule has 34 heavy (non-hydrogen) atoms. The van der Waals surface area contributed by atoms with E-state index in [4.69, 9.17) is 34.7 Å². The van der Waals surface area contributed by atoms with E-state index in [0.29, 0.717) is 11.4 Å². The molecule has 1 aliphatic rings. The van der Waals surface area contributed by atoms with E-state index >= 15 is 4.39 Å². The van der Waals surface area contributed by atoms with Crippen LogP contribution in [0.1, 0.15) is 70.3 Å². The fourth-order valence-corrected chi connectivity index (χ4v) is 4.85. The largest absolute Gasteiger partial charge is 0.366 e. The first-order chi connectivity index (χ1) is 16.1. The number of hydrogen-bond acceptors (Lipinski definition) is 3. The zero-order valence-electron chi connectivity index (χ0n) is 18.3. The van der Waals surface area contributed by atoms with Crippen molar-refractivity contribution in [3.8, 4) is 16.9 Å². The van der Waals surface area contributed by atoms with Gasteiger partial charge in [-0.15, -0.1) is 0 Å². The standard InChI is InChI=1S/C24H22Cl2F2N4O2/c1-11-9-14(22(29)33)21(18(28)17(11)26)32-20(13-7-8-16(27)15(25)10-13)19(23(30)34)31-24(32)12-5-3-2-4-6-12/h7-10,12H,2-6H2,1H3,(H2,29,33)(H2,30,34). The van der Waals surface area contributed by atoms with Crippen LogP contribution in [-0.4, -0.2) is 21.4 Å². The van der Waals surface area contributed by atoms with E-state index in [0.717, 1.165) is 38.2 Å². The number of carbonyl (C=O) groups excluding carboxylic acids is 2. The summed E-state index contributed by atoms with van der Waals surface area (Å²) in [4.78, 5) is 29.4. The summed E-state index contributed by atoms with van der Waals surface area (Å²) in [6.07, 6.45) is 4.36. The highest BCUT2D eigenvalue weighted by Crippen LogP contribution is 2.41. The maximum Gasteiger partial charge on any atom is 0.269 e.